The Morgan fingerprint density at radius 3 is 2.57 bits per heavy atom. The van der Waals surface area contributed by atoms with Crippen molar-refractivity contribution in [3.8, 4) is 5.75 Å². The summed E-state index contributed by atoms with van der Waals surface area (Å²) in [6.07, 6.45) is 0.842. The monoisotopic (exact) mass is 367 g/mol. The molecule has 0 radical (unpaired) electrons. The maximum absolute atomic E-state index is 6.32. The van der Waals surface area contributed by atoms with Gasteiger partial charge in [-0.25, -0.2) is 0 Å². The zero-order chi connectivity index (χ0) is 15.4. The van der Waals surface area contributed by atoms with Crippen molar-refractivity contribution >= 4 is 27.5 Å². The first-order valence-electron chi connectivity index (χ1n) is 6.81. The molecule has 0 saturated carbocycles. The zero-order valence-electron chi connectivity index (χ0n) is 12.4. The number of rotatable bonds is 5. The lowest BCUT2D eigenvalue weighted by atomic mass is 9.97. The molecule has 0 saturated heterocycles. The van der Waals surface area contributed by atoms with Crippen molar-refractivity contribution in [2.75, 3.05) is 14.2 Å². The average molecular weight is 369 g/mol. The van der Waals surface area contributed by atoms with Gasteiger partial charge in [0.1, 0.15) is 5.75 Å². The second-order valence-electron chi connectivity index (χ2n) is 5.01. The molecule has 0 bridgehead atoms. The van der Waals surface area contributed by atoms with Crippen LogP contribution in [0.2, 0.25) is 5.02 Å². The summed E-state index contributed by atoms with van der Waals surface area (Å²) in [6.45, 7) is 2.06. The summed E-state index contributed by atoms with van der Waals surface area (Å²) in [4.78, 5) is 0. The lowest BCUT2D eigenvalue weighted by Crippen LogP contribution is -2.19. The highest BCUT2D eigenvalue weighted by atomic mass is 79.9. The molecule has 2 aromatic rings. The van der Waals surface area contributed by atoms with E-state index in [-0.39, 0.29) is 6.04 Å². The van der Waals surface area contributed by atoms with Crippen LogP contribution in [0.3, 0.4) is 0 Å². The van der Waals surface area contributed by atoms with Gasteiger partial charge in [0, 0.05) is 15.5 Å². The summed E-state index contributed by atoms with van der Waals surface area (Å²) in [5.41, 5.74) is 3.50. The number of benzene rings is 2. The van der Waals surface area contributed by atoms with Crippen LogP contribution in [-0.4, -0.2) is 14.2 Å². The molecular formula is C17H19BrClNO. The summed E-state index contributed by atoms with van der Waals surface area (Å²) < 4.78 is 6.31. The van der Waals surface area contributed by atoms with E-state index in [1.807, 2.05) is 25.2 Å². The van der Waals surface area contributed by atoms with Crippen molar-refractivity contribution in [1.82, 2.24) is 5.32 Å². The lowest BCUT2D eigenvalue weighted by Gasteiger charge is -2.19. The zero-order valence-corrected chi connectivity index (χ0v) is 14.8. The molecular weight excluding hydrogens is 350 g/mol. The van der Waals surface area contributed by atoms with E-state index in [0.29, 0.717) is 0 Å². The Hall–Kier alpha value is -1.03. The number of ether oxygens (including phenoxy) is 1. The van der Waals surface area contributed by atoms with Gasteiger partial charge in [-0.1, -0.05) is 45.7 Å². The number of hydrogen-bond donors (Lipinski definition) is 1. The highest BCUT2D eigenvalue weighted by molar-refractivity contribution is 9.10. The molecule has 2 nitrogen and oxygen atoms in total. The van der Waals surface area contributed by atoms with Crippen LogP contribution in [0.25, 0.3) is 0 Å². The van der Waals surface area contributed by atoms with E-state index >= 15 is 0 Å². The first-order valence-corrected chi connectivity index (χ1v) is 7.98. The maximum atomic E-state index is 6.32. The number of halogens is 2. The minimum absolute atomic E-state index is 0.216. The fourth-order valence-corrected chi connectivity index (χ4v) is 3.16. The Balaban J connectivity index is 2.25. The van der Waals surface area contributed by atoms with Gasteiger partial charge in [-0.15, -0.1) is 0 Å². The molecule has 4 heteroatoms. The molecule has 1 N–H and O–H groups in total. The molecule has 2 rings (SSSR count). The molecule has 0 spiro atoms. The van der Waals surface area contributed by atoms with Crippen LogP contribution in [0.4, 0.5) is 0 Å². The smallest absolute Gasteiger partial charge is 0.121 e. The Labute approximate surface area is 139 Å². The average Bonchev–Trinajstić information content (AvgIpc) is 2.46. The topological polar surface area (TPSA) is 21.3 Å². The van der Waals surface area contributed by atoms with Gasteiger partial charge in [0.25, 0.3) is 0 Å². The van der Waals surface area contributed by atoms with Gasteiger partial charge in [-0.2, -0.15) is 0 Å². The van der Waals surface area contributed by atoms with Crippen molar-refractivity contribution in [1.29, 1.82) is 0 Å². The molecule has 0 amide bonds. The van der Waals surface area contributed by atoms with Gasteiger partial charge in [-0.3, -0.25) is 0 Å². The van der Waals surface area contributed by atoms with Crippen molar-refractivity contribution in [2.24, 2.45) is 0 Å². The van der Waals surface area contributed by atoms with Crippen LogP contribution in [0, 0.1) is 6.92 Å². The Morgan fingerprint density at radius 2 is 2.00 bits per heavy atom. The van der Waals surface area contributed by atoms with Gasteiger partial charge in [-0.05, 0) is 55.3 Å². The minimum atomic E-state index is 0.216. The fourth-order valence-electron chi connectivity index (χ4n) is 2.41. The number of nitrogens with one attached hydrogen (secondary N) is 1. The summed E-state index contributed by atoms with van der Waals surface area (Å²) in [6, 6.07) is 12.5. The number of hydrogen-bond acceptors (Lipinski definition) is 2. The lowest BCUT2D eigenvalue weighted by molar-refractivity contribution is 0.411. The van der Waals surface area contributed by atoms with E-state index < -0.39 is 0 Å². The molecule has 1 unspecified atom stereocenters. The van der Waals surface area contributed by atoms with Gasteiger partial charge >= 0.3 is 0 Å². The first kappa shape index (κ1) is 16.3. The highest BCUT2D eigenvalue weighted by Crippen LogP contribution is 2.28. The molecule has 0 heterocycles. The third-order valence-electron chi connectivity index (χ3n) is 3.61. The van der Waals surface area contributed by atoms with Crippen LogP contribution in [-0.2, 0) is 6.42 Å². The van der Waals surface area contributed by atoms with Crippen LogP contribution < -0.4 is 10.1 Å². The van der Waals surface area contributed by atoms with E-state index in [4.69, 9.17) is 16.3 Å². The van der Waals surface area contributed by atoms with E-state index in [9.17, 15) is 0 Å². The standard InChI is InChI=1S/C17H19BrClNO/c1-11-8-13(5-7-17(11)21-3)16(20-2)9-12-4-6-14(18)10-15(12)19/h4-8,10,16,20H,9H2,1-3H3. The van der Waals surface area contributed by atoms with Crippen molar-refractivity contribution < 1.29 is 4.74 Å². The second-order valence-corrected chi connectivity index (χ2v) is 6.33. The molecule has 0 fully saturated rings. The van der Waals surface area contributed by atoms with Crippen LogP contribution in [0.5, 0.6) is 5.75 Å². The quantitative estimate of drug-likeness (QED) is 0.808. The van der Waals surface area contributed by atoms with E-state index in [1.165, 1.54) is 5.56 Å². The van der Waals surface area contributed by atoms with Crippen molar-refractivity contribution in [3.63, 3.8) is 0 Å². The Bertz CT molecular complexity index is 630. The van der Waals surface area contributed by atoms with Gasteiger partial charge < -0.3 is 10.1 Å². The molecule has 0 aliphatic heterocycles. The van der Waals surface area contributed by atoms with E-state index in [1.54, 1.807) is 7.11 Å². The fraction of sp³-hybridized carbons (Fsp3) is 0.294. The minimum Gasteiger partial charge on any atom is -0.496 e. The van der Waals surface area contributed by atoms with Crippen LogP contribution >= 0.6 is 27.5 Å². The Morgan fingerprint density at radius 1 is 1.24 bits per heavy atom. The summed E-state index contributed by atoms with van der Waals surface area (Å²) in [7, 11) is 3.66. The molecule has 1 atom stereocenters. The van der Waals surface area contributed by atoms with E-state index in [0.717, 1.165) is 32.8 Å². The van der Waals surface area contributed by atoms with Gasteiger partial charge in [0.05, 0.1) is 7.11 Å². The molecule has 0 aromatic heterocycles. The molecule has 0 aliphatic carbocycles. The predicted molar refractivity (Wildman–Crippen MR) is 92.4 cm³/mol. The number of aryl methyl sites for hydroxylation is 1. The number of methoxy groups -OCH3 is 1. The molecule has 2 aromatic carbocycles. The number of likely N-dealkylation sites (N-methyl/N-ethyl adjacent to an activating group) is 1. The highest BCUT2D eigenvalue weighted by Gasteiger charge is 2.13. The largest absolute Gasteiger partial charge is 0.496 e. The second kappa shape index (κ2) is 7.30. The third-order valence-corrected chi connectivity index (χ3v) is 4.45. The summed E-state index contributed by atoms with van der Waals surface area (Å²) in [5, 5.41) is 4.15. The van der Waals surface area contributed by atoms with Gasteiger partial charge in [0.15, 0.2) is 0 Å². The van der Waals surface area contributed by atoms with Crippen molar-refractivity contribution in [2.45, 2.75) is 19.4 Å². The molecule has 112 valence electrons. The van der Waals surface area contributed by atoms with Crippen LogP contribution in [0.15, 0.2) is 40.9 Å². The predicted octanol–water partition coefficient (Wildman–Crippen LogP) is 4.92. The molecule has 21 heavy (non-hydrogen) atoms. The van der Waals surface area contributed by atoms with Crippen molar-refractivity contribution in [3.05, 3.63) is 62.6 Å². The SMILES string of the molecule is CNC(Cc1ccc(Br)cc1Cl)c1ccc(OC)c(C)c1. The third kappa shape index (κ3) is 4.00. The molecule has 0 aliphatic rings. The Kier molecular flexibility index (Phi) is 5.68. The first-order chi connectivity index (χ1) is 10.0. The summed E-state index contributed by atoms with van der Waals surface area (Å²) >= 11 is 9.76. The van der Waals surface area contributed by atoms with E-state index in [2.05, 4.69) is 46.4 Å². The maximum Gasteiger partial charge on any atom is 0.121 e. The summed E-state index contributed by atoms with van der Waals surface area (Å²) in [5.74, 6) is 0.912. The normalized spacial score (nSPS) is 12.2. The van der Waals surface area contributed by atoms with Gasteiger partial charge in [0.2, 0.25) is 0 Å². The van der Waals surface area contributed by atoms with Crippen LogP contribution in [0.1, 0.15) is 22.7 Å².